The van der Waals surface area contributed by atoms with Gasteiger partial charge in [0.2, 0.25) is 0 Å². The molecule has 0 radical (unpaired) electrons. The summed E-state index contributed by atoms with van der Waals surface area (Å²) in [5.41, 5.74) is 3.66. The molecule has 0 aliphatic heterocycles. The van der Waals surface area contributed by atoms with E-state index in [9.17, 15) is 0 Å². The molecule has 0 bridgehead atoms. The normalized spacial score (nSPS) is 11.5. The highest BCUT2D eigenvalue weighted by molar-refractivity contribution is 5.79. The second kappa shape index (κ2) is 11.2. The third-order valence-electron chi connectivity index (χ3n) is 4.16. The van der Waals surface area contributed by atoms with Crippen LogP contribution in [0.2, 0.25) is 0 Å². The summed E-state index contributed by atoms with van der Waals surface area (Å²) in [5.74, 6) is 1.68. The zero-order valence-electron chi connectivity index (χ0n) is 16.8. The van der Waals surface area contributed by atoms with Crippen LogP contribution < -0.4 is 15.4 Å². The minimum absolute atomic E-state index is 0.249. The summed E-state index contributed by atoms with van der Waals surface area (Å²) in [4.78, 5) is 4.28. The molecule has 0 aliphatic rings. The SMILES string of the molecule is CN=C(NCCc1ccc(OC)cc1)NCc1ccc(COC(C)C)cc1. The van der Waals surface area contributed by atoms with Crippen molar-refractivity contribution in [3.63, 3.8) is 0 Å². The summed E-state index contributed by atoms with van der Waals surface area (Å²) in [6, 6.07) is 16.6. The number of nitrogens with one attached hydrogen (secondary N) is 2. The Balaban J connectivity index is 1.73. The summed E-state index contributed by atoms with van der Waals surface area (Å²) >= 11 is 0. The number of aliphatic imine (C=N–C) groups is 1. The minimum Gasteiger partial charge on any atom is -0.497 e. The van der Waals surface area contributed by atoms with E-state index >= 15 is 0 Å². The van der Waals surface area contributed by atoms with E-state index < -0.39 is 0 Å². The van der Waals surface area contributed by atoms with Crippen LogP contribution >= 0.6 is 0 Å². The molecule has 0 aromatic heterocycles. The molecule has 0 saturated heterocycles. The molecule has 0 amide bonds. The predicted molar refractivity (Wildman–Crippen MR) is 111 cm³/mol. The maximum absolute atomic E-state index is 5.63. The van der Waals surface area contributed by atoms with Crippen LogP contribution in [-0.4, -0.2) is 32.8 Å². The van der Waals surface area contributed by atoms with Gasteiger partial charge in [0.25, 0.3) is 0 Å². The summed E-state index contributed by atoms with van der Waals surface area (Å²) in [6.07, 6.45) is 1.17. The third-order valence-corrected chi connectivity index (χ3v) is 4.16. The summed E-state index contributed by atoms with van der Waals surface area (Å²) in [7, 11) is 3.47. The summed E-state index contributed by atoms with van der Waals surface area (Å²) in [6.45, 7) is 6.29. The second-order valence-electron chi connectivity index (χ2n) is 6.63. The van der Waals surface area contributed by atoms with Crippen molar-refractivity contribution in [1.82, 2.24) is 10.6 Å². The number of hydrogen-bond donors (Lipinski definition) is 2. The van der Waals surface area contributed by atoms with Crippen molar-refractivity contribution < 1.29 is 9.47 Å². The zero-order valence-corrected chi connectivity index (χ0v) is 16.8. The van der Waals surface area contributed by atoms with Gasteiger partial charge >= 0.3 is 0 Å². The van der Waals surface area contributed by atoms with Gasteiger partial charge in [-0.15, -0.1) is 0 Å². The fraction of sp³-hybridized carbons (Fsp3) is 0.409. The molecule has 0 unspecified atom stereocenters. The molecule has 0 spiro atoms. The monoisotopic (exact) mass is 369 g/mol. The van der Waals surface area contributed by atoms with Crippen molar-refractivity contribution in [2.24, 2.45) is 4.99 Å². The van der Waals surface area contributed by atoms with Crippen LogP contribution in [0, 0.1) is 0 Å². The second-order valence-corrected chi connectivity index (χ2v) is 6.63. The van der Waals surface area contributed by atoms with Crippen LogP contribution in [0.3, 0.4) is 0 Å². The highest BCUT2D eigenvalue weighted by Gasteiger charge is 2.01. The lowest BCUT2D eigenvalue weighted by Gasteiger charge is -2.13. The highest BCUT2D eigenvalue weighted by Crippen LogP contribution is 2.11. The number of nitrogens with zero attached hydrogens (tertiary/aromatic N) is 1. The van der Waals surface area contributed by atoms with Crippen LogP contribution in [0.15, 0.2) is 53.5 Å². The first-order valence-corrected chi connectivity index (χ1v) is 9.37. The standard InChI is InChI=1S/C22H31N3O2/c1-17(2)27-16-20-7-5-19(6-8-20)15-25-22(23-3)24-14-13-18-9-11-21(26-4)12-10-18/h5-12,17H,13-16H2,1-4H3,(H2,23,24,25). The Kier molecular flexibility index (Phi) is 8.65. The van der Waals surface area contributed by atoms with Gasteiger partial charge in [-0.25, -0.2) is 0 Å². The van der Waals surface area contributed by atoms with Crippen LogP contribution in [-0.2, 0) is 24.3 Å². The van der Waals surface area contributed by atoms with Crippen molar-refractivity contribution in [2.45, 2.75) is 39.5 Å². The number of hydrogen-bond acceptors (Lipinski definition) is 3. The molecule has 27 heavy (non-hydrogen) atoms. The lowest BCUT2D eigenvalue weighted by atomic mass is 10.1. The molecule has 2 N–H and O–H groups in total. The molecule has 2 aromatic carbocycles. The van der Waals surface area contributed by atoms with E-state index in [4.69, 9.17) is 9.47 Å². The topological polar surface area (TPSA) is 54.9 Å². The van der Waals surface area contributed by atoms with Crippen molar-refractivity contribution in [3.8, 4) is 5.75 Å². The third kappa shape index (κ3) is 7.71. The van der Waals surface area contributed by atoms with Crippen molar-refractivity contribution >= 4 is 5.96 Å². The Hall–Kier alpha value is -2.53. The lowest BCUT2D eigenvalue weighted by Crippen LogP contribution is -2.37. The largest absolute Gasteiger partial charge is 0.497 e. The van der Waals surface area contributed by atoms with E-state index in [1.807, 2.05) is 26.0 Å². The molecule has 0 atom stereocenters. The maximum atomic E-state index is 5.63. The molecule has 2 rings (SSSR count). The number of ether oxygens (including phenoxy) is 2. The number of guanidine groups is 1. The van der Waals surface area contributed by atoms with E-state index in [1.165, 1.54) is 16.7 Å². The Labute approximate surface area is 162 Å². The Morgan fingerprint density at radius 3 is 2.15 bits per heavy atom. The summed E-state index contributed by atoms with van der Waals surface area (Å²) < 4.78 is 10.8. The van der Waals surface area contributed by atoms with Crippen molar-refractivity contribution in [1.29, 1.82) is 0 Å². The van der Waals surface area contributed by atoms with Gasteiger partial charge in [0.15, 0.2) is 5.96 Å². The Morgan fingerprint density at radius 1 is 0.926 bits per heavy atom. The number of benzene rings is 2. The van der Waals surface area contributed by atoms with Gasteiger partial charge in [-0.2, -0.15) is 0 Å². The summed E-state index contributed by atoms with van der Waals surface area (Å²) in [5, 5.41) is 6.70. The lowest BCUT2D eigenvalue weighted by molar-refractivity contribution is 0.0657. The molecule has 5 heteroatoms. The molecule has 2 aromatic rings. The van der Waals surface area contributed by atoms with Crippen LogP contribution in [0.4, 0.5) is 0 Å². The molecule has 146 valence electrons. The van der Waals surface area contributed by atoms with E-state index in [0.717, 1.165) is 31.2 Å². The molecule has 0 fully saturated rings. The van der Waals surface area contributed by atoms with Gasteiger partial charge in [0.05, 0.1) is 19.8 Å². The average molecular weight is 370 g/mol. The van der Waals surface area contributed by atoms with Gasteiger partial charge < -0.3 is 20.1 Å². The quantitative estimate of drug-likeness (QED) is 0.524. The fourth-order valence-corrected chi connectivity index (χ4v) is 2.54. The molecule has 5 nitrogen and oxygen atoms in total. The van der Waals surface area contributed by atoms with Crippen LogP contribution in [0.1, 0.15) is 30.5 Å². The highest BCUT2D eigenvalue weighted by atomic mass is 16.5. The predicted octanol–water partition coefficient (Wildman–Crippen LogP) is 3.53. The van der Waals surface area contributed by atoms with Crippen molar-refractivity contribution in [2.75, 3.05) is 20.7 Å². The number of methoxy groups -OCH3 is 1. The van der Waals surface area contributed by atoms with E-state index in [-0.39, 0.29) is 6.10 Å². The first kappa shape index (κ1) is 20.8. The Bertz CT molecular complexity index is 695. The minimum atomic E-state index is 0.249. The molecular formula is C22H31N3O2. The van der Waals surface area contributed by atoms with Crippen LogP contribution in [0.5, 0.6) is 5.75 Å². The first-order valence-electron chi connectivity index (χ1n) is 9.37. The molecular weight excluding hydrogens is 338 g/mol. The molecule has 0 heterocycles. The van der Waals surface area contributed by atoms with Gasteiger partial charge in [0.1, 0.15) is 5.75 Å². The molecule has 0 aliphatic carbocycles. The van der Waals surface area contributed by atoms with E-state index in [1.54, 1.807) is 14.2 Å². The van der Waals surface area contributed by atoms with Crippen LogP contribution in [0.25, 0.3) is 0 Å². The van der Waals surface area contributed by atoms with Gasteiger partial charge in [0, 0.05) is 20.1 Å². The number of rotatable bonds is 9. The van der Waals surface area contributed by atoms with Gasteiger partial charge in [-0.3, -0.25) is 4.99 Å². The van der Waals surface area contributed by atoms with Crippen molar-refractivity contribution in [3.05, 3.63) is 65.2 Å². The van der Waals surface area contributed by atoms with Gasteiger partial charge in [-0.1, -0.05) is 36.4 Å². The first-order chi connectivity index (χ1) is 13.1. The van der Waals surface area contributed by atoms with E-state index in [2.05, 4.69) is 52.0 Å². The smallest absolute Gasteiger partial charge is 0.191 e. The Morgan fingerprint density at radius 2 is 1.56 bits per heavy atom. The van der Waals surface area contributed by atoms with E-state index in [0.29, 0.717) is 6.61 Å². The fourth-order valence-electron chi connectivity index (χ4n) is 2.54. The maximum Gasteiger partial charge on any atom is 0.191 e. The van der Waals surface area contributed by atoms with Gasteiger partial charge in [-0.05, 0) is 49.1 Å². The average Bonchev–Trinajstić information content (AvgIpc) is 2.70. The zero-order chi connectivity index (χ0) is 19.5. The molecule has 0 saturated carbocycles.